The van der Waals surface area contributed by atoms with Crippen LogP contribution in [0.2, 0.25) is 0 Å². The number of aromatic nitrogens is 3. The van der Waals surface area contributed by atoms with E-state index in [4.69, 9.17) is 5.73 Å². The minimum Gasteiger partial charge on any atom is -0.366 e. The van der Waals surface area contributed by atoms with Crippen LogP contribution in [0.5, 0.6) is 0 Å². The van der Waals surface area contributed by atoms with Crippen molar-refractivity contribution in [2.75, 3.05) is 11.1 Å². The number of anilines is 2. The molecule has 1 aliphatic rings. The molecule has 2 aromatic carbocycles. The Labute approximate surface area is 146 Å². The number of nitrogens with one attached hydrogen (secondary N) is 1. The molecule has 0 aliphatic carbocycles. The first-order valence-corrected chi connectivity index (χ1v) is 8.39. The minimum absolute atomic E-state index is 0.0553. The van der Waals surface area contributed by atoms with Gasteiger partial charge in [0.05, 0.1) is 12.1 Å². The van der Waals surface area contributed by atoms with Gasteiger partial charge in [-0.05, 0) is 41.8 Å². The van der Waals surface area contributed by atoms with Gasteiger partial charge in [-0.2, -0.15) is 4.98 Å². The van der Waals surface area contributed by atoms with Crippen molar-refractivity contribution < 1.29 is 4.39 Å². The molecule has 5 nitrogen and oxygen atoms in total. The Kier molecular flexibility index (Phi) is 3.72. The molecule has 2 atom stereocenters. The Hall–Kier alpha value is -2.41. The fourth-order valence-electron chi connectivity index (χ4n) is 3.07. The average Bonchev–Trinajstić information content (AvgIpc) is 2.95. The maximum atomic E-state index is 13.3. The number of nitrogens with zero attached hydrogens (tertiary/aromatic N) is 3. The highest BCUT2D eigenvalue weighted by atomic mass is 79.9. The third-order valence-corrected chi connectivity index (χ3v) is 4.76. The monoisotopic (exact) mass is 387 g/mol. The molecule has 24 heavy (non-hydrogen) atoms. The summed E-state index contributed by atoms with van der Waals surface area (Å²) in [6.07, 6.45) is 0.767. The summed E-state index contributed by atoms with van der Waals surface area (Å²) in [5.41, 5.74) is 7.91. The van der Waals surface area contributed by atoms with E-state index >= 15 is 0 Å². The highest BCUT2D eigenvalue weighted by molar-refractivity contribution is 9.10. The molecule has 0 bridgehead atoms. The molecule has 1 aliphatic heterocycles. The number of benzene rings is 2. The van der Waals surface area contributed by atoms with Crippen LogP contribution in [0, 0.1) is 5.82 Å². The van der Waals surface area contributed by atoms with Crippen LogP contribution >= 0.6 is 15.9 Å². The summed E-state index contributed by atoms with van der Waals surface area (Å²) in [5.74, 6) is 0.595. The van der Waals surface area contributed by atoms with Crippen LogP contribution in [0.1, 0.15) is 29.6 Å². The molecule has 0 spiro atoms. The van der Waals surface area contributed by atoms with Gasteiger partial charge in [0.15, 0.2) is 0 Å². The fourth-order valence-corrected chi connectivity index (χ4v) is 3.33. The van der Waals surface area contributed by atoms with E-state index in [2.05, 4.69) is 43.5 Å². The molecule has 0 amide bonds. The Morgan fingerprint density at radius 2 is 1.75 bits per heavy atom. The van der Waals surface area contributed by atoms with Crippen molar-refractivity contribution in [3.63, 3.8) is 0 Å². The quantitative estimate of drug-likeness (QED) is 0.699. The molecule has 1 aromatic heterocycles. The van der Waals surface area contributed by atoms with Crippen LogP contribution in [0.25, 0.3) is 0 Å². The molecular weight excluding hydrogens is 373 g/mol. The van der Waals surface area contributed by atoms with Gasteiger partial charge in [-0.3, -0.25) is 0 Å². The molecule has 122 valence electrons. The second-order valence-electron chi connectivity index (χ2n) is 5.79. The number of rotatable bonds is 2. The zero-order valence-corrected chi connectivity index (χ0v) is 14.2. The summed E-state index contributed by atoms with van der Waals surface area (Å²) in [6.45, 7) is 0. The summed E-state index contributed by atoms with van der Waals surface area (Å²) in [6, 6.07) is 14.7. The van der Waals surface area contributed by atoms with E-state index < -0.39 is 0 Å². The first-order valence-electron chi connectivity index (χ1n) is 7.59. The third-order valence-electron chi connectivity index (χ3n) is 4.23. The molecule has 0 saturated heterocycles. The van der Waals surface area contributed by atoms with Gasteiger partial charge in [-0.15, -0.1) is 5.10 Å². The van der Waals surface area contributed by atoms with Gasteiger partial charge in [0.2, 0.25) is 11.9 Å². The van der Waals surface area contributed by atoms with Crippen LogP contribution in [0.3, 0.4) is 0 Å². The maximum absolute atomic E-state index is 13.3. The Bertz CT molecular complexity index is 860. The Balaban J connectivity index is 1.74. The summed E-state index contributed by atoms with van der Waals surface area (Å²) in [4.78, 5) is 4.27. The highest BCUT2D eigenvalue weighted by Gasteiger charge is 2.30. The highest BCUT2D eigenvalue weighted by Crippen LogP contribution is 2.38. The summed E-state index contributed by atoms with van der Waals surface area (Å²) in [7, 11) is 0. The standard InChI is InChI=1S/C17H15BrFN5/c18-12-5-1-10(2-6-12)14-9-15(11-3-7-13(19)8-4-11)24-17(21-14)22-16(20)23-24/h1-8,14-15H,9H2,(H3,20,21,22,23)/t14-,15+/m0/s1. The number of nitrogens with two attached hydrogens (primary N) is 1. The van der Waals surface area contributed by atoms with Gasteiger partial charge in [0.25, 0.3) is 0 Å². The Morgan fingerprint density at radius 1 is 1.08 bits per heavy atom. The van der Waals surface area contributed by atoms with Gasteiger partial charge in [0.1, 0.15) is 5.82 Å². The lowest BCUT2D eigenvalue weighted by atomic mass is 9.93. The summed E-state index contributed by atoms with van der Waals surface area (Å²) in [5, 5.41) is 7.68. The van der Waals surface area contributed by atoms with Crippen molar-refractivity contribution in [2.45, 2.75) is 18.5 Å². The molecule has 4 rings (SSSR count). The zero-order chi connectivity index (χ0) is 16.7. The first-order chi connectivity index (χ1) is 11.6. The molecule has 0 radical (unpaired) electrons. The topological polar surface area (TPSA) is 68.8 Å². The van der Waals surface area contributed by atoms with Crippen LogP contribution in [0.15, 0.2) is 53.0 Å². The summed E-state index contributed by atoms with van der Waals surface area (Å²) < 4.78 is 16.1. The van der Waals surface area contributed by atoms with Crippen molar-refractivity contribution in [1.82, 2.24) is 14.8 Å². The van der Waals surface area contributed by atoms with Crippen molar-refractivity contribution in [3.8, 4) is 0 Å². The van der Waals surface area contributed by atoms with E-state index in [0.717, 1.165) is 22.0 Å². The van der Waals surface area contributed by atoms with Gasteiger partial charge < -0.3 is 11.1 Å². The van der Waals surface area contributed by atoms with Crippen LogP contribution in [-0.2, 0) is 0 Å². The molecule has 0 unspecified atom stereocenters. The second-order valence-corrected chi connectivity index (χ2v) is 6.71. The van der Waals surface area contributed by atoms with Crippen molar-refractivity contribution in [1.29, 1.82) is 0 Å². The number of hydrogen-bond acceptors (Lipinski definition) is 4. The molecule has 7 heteroatoms. The fraction of sp³-hybridized carbons (Fsp3) is 0.176. The number of halogens is 2. The van der Waals surface area contributed by atoms with Gasteiger partial charge in [-0.1, -0.05) is 40.2 Å². The van der Waals surface area contributed by atoms with Gasteiger partial charge in [0, 0.05) is 4.47 Å². The predicted octanol–water partition coefficient (Wildman–Crippen LogP) is 3.91. The molecule has 3 N–H and O–H groups in total. The molecule has 0 saturated carbocycles. The largest absolute Gasteiger partial charge is 0.366 e. The summed E-state index contributed by atoms with van der Waals surface area (Å²) >= 11 is 3.46. The van der Waals surface area contributed by atoms with E-state index in [1.54, 1.807) is 16.8 Å². The third kappa shape index (κ3) is 2.75. The second kappa shape index (κ2) is 5.90. The molecule has 2 heterocycles. The Morgan fingerprint density at radius 3 is 2.46 bits per heavy atom. The lowest BCUT2D eigenvalue weighted by Gasteiger charge is -2.31. The lowest BCUT2D eigenvalue weighted by molar-refractivity contribution is 0.431. The van der Waals surface area contributed by atoms with E-state index in [0.29, 0.717) is 5.95 Å². The van der Waals surface area contributed by atoms with Crippen LogP contribution < -0.4 is 11.1 Å². The van der Waals surface area contributed by atoms with Crippen LogP contribution in [0.4, 0.5) is 16.3 Å². The number of nitrogen functional groups attached to an aromatic ring is 1. The van der Waals surface area contributed by atoms with E-state index in [-0.39, 0.29) is 23.8 Å². The number of hydrogen-bond donors (Lipinski definition) is 2. The minimum atomic E-state index is -0.254. The smallest absolute Gasteiger partial charge is 0.241 e. The van der Waals surface area contributed by atoms with Crippen molar-refractivity contribution >= 4 is 27.8 Å². The van der Waals surface area contributed by atoms with E-state index in [9.17, 15) is 4.39 Å². The predicted molar refractivity (Wildman–Crippen MR) is 94.1 cm³/mol. The van der Waals surface area contributed by atoms with Crippen LogP contribution in [-0.4, -0.2) is 14.8 Å². The molecule has 0 fully saturated rings. The zero-order valence-electron chi connectivity index (χ0n) is 12.7. The van der Waals surface area contributed by atoms with E-state index in [1.807, 2.05) is 12.1 Å². The first kappa shape index (κ1) is 15.1. The van der Waals surface area contributed by atoms with Gasteiger partial charge >= 0.3 is 0 Å². The molecular formula is C17H15BrFN5. The normalized spacial score (nSPS) is 19.6. The molecule has 3 aromatic rings. The van der Waals surface area contributed by atoms with Crippen molar-refractivity contribution in [2.24, 2.45) is 0 Å². The maximum Gasteiger partial charge on any atom is 0.241 e. The lowest BCUT2D eigenvalue weighted by Crippen LogP contribution is -2.28. The SMILES string of the molecule is Nc1nc2n(n1)[C@@H](c1ccc(F)cc1)C[C@@H](c1ccc(Br)cc1)N2. The van der Waals surface area contributed by atoms with Crippen molar-refractivity contribution in [3.05, 3.63) is 69.9 Å². The number of fused-ring (bicyclic) bond motifs is 1. The average molecular weight is 388 g/mol. The van der Waals surface area contributed by atoms with Gasteiger partial charge in [-0.25, -0.2) is 9.07 Å². The van der Waals surface area contributed by atoms with E-state index in [1.165, 1.54) is 12.1 Å².